The summed E-state index contributed by atoms with van der Waals surface area (Å²) >= 11 is 2.97. The average molecular weight is 500 g/mol. The van der Waals surface area contributed by atoms with E-state index in [1.807, 2.05) is 60.0 Å². The van der Waals surface area contributed by atoms with Gasteiger partial charge in [0, 0.05) is 27.7 Å². The predicted octanol–water partition coefficient (Wildman–Crippen LogP) is 5.98. The van der Waals surface area contributed by atoms with Gasteiger partial charge < -0.3 is 10.1 Å². The van der Waals surface area contributed by atoms with E-state index in [9.17, 15) is 9.59 Å². The first-order chi connectivity index (χ1) is 17.1. The van der Waals surface area contributed by atoms with Crippen LogP contribution < -0.4 is 15.6 Å². The van der Waals surface area contributed by atoms with Crippen LogP contribution >= 0.6 is 23.1 Å². The number of hydrogen-bond donors (Lipinski definition) is 1. The number of hydrogen-bond acceptors (Lipinski definition) is 6. The predicted molar refractivity (Wildman–Crippen MR) is 142 cm³/mol. The van der Waals surface area contributed by atoms with Gasteiger partial charge in [0.1, 0.15) is 5.75 Å². The molecule has 0 aliphatic rings. The Morgan fingerprint density at radius 3 is 2.54 bits per heavy atom. The SMILES string of the molecule is COc1ccc(C(=O)Nc2ccccc2SCc2cc(=O)n3c(-c4ccccc4)csc3n2)cc1. The van der Waals surface area contributed by atoms with Crippen molar-refractivity contribution in [1.29, 1.82) is 0 Å². The highest BCUT2D eigenvalue weighted by molar-refractivity contribution is 7.98. The highest BCUT2D eigenvalue weighted by Crippen LogP contribution is 2.30. The molecule has 0 aliphatic carbocycles. The molecule has 5 aromatic rings. The van der Waals surface area contributed by atoms with Gasteiger partial charge >= 0.3 is 0 Å². The molecule has 0 aliphatic heterocycles. The molecule has 0 unspecified atom stereocenters. The molecule has 0 bridgehead atoms. The Labute approximate surface area is 210 Å². The molecular formula is C27H21N3O3S2. The smallest absolute Gasteiger partial charge is 0.259 e. The molecule has 1 amide bonds. The van der Waals surface area contributed by atoms with Crippen LogP contribution in [0.5, 0.6) is 5.75 Å². The summed E-state index contributed by atoms with van der Waals surface area (Å²) in [6.45, 7) is 0. The van der Waals surface area contributed by atoms with Gasteiger partial charge in [0.25, 0.3) is 11.5 Å². The van der Waals surface area contributed by atoms with Crippen molar-refractivity contribution in [3.05, 3.63) is 112 Å². The van der Waals surface area contributed by atoms with E-state index in [2.05, 4.69) is 5.32 Å². The van der Waals surface area contributed by atoms with Crippen LogP contribution in [0.4, 0.5) is 5.69 Å². The number of para-hydroxylation sites is 1. The number of carbonyl (C=O) groups is 1. The van der Waals surface area contributed by atoms with Crippen molar-refractivity contribution in [2.24, 2.45) is 0 Å². The number of ether oxygens (including phenoxy) is 1. The molecule has 0 saturated heterocycles. The molecule has 0 saturated carbocycles. The van der Waals surface area contributed by atoms with Gasteiger partial charge in [-0.2, -0.15) is 0 Å². The summed E-state index contributed by atoms with van der Waals surface area (Å²) in [5, 5.41) is 4.94. The normalized spacial score (nSPS) is 10.9. The summed E-state index contributed by atoms with van der Waals surface area (Å²) in [6, 6.07) is 26.0. The number of carbonyl (C=O) groups excluding carboxylic acids is 1. The van der Waals surface area contributed by atoms with Crippen molar-refractivity contribution in [2.75, 3.05) is 12.4 Å². The number of thiazole rings is 1. The first-order valence-electron chi connectivity index (χ1n) is 10.9. The van der Waals surface area contributed by atoms with E-state index in [4.69, 9.17) is 9.72 Å². The number of anilines is 1. The molecule has 0 atom stereocenters. The number of aromatic nitrogens is 2. The standard InChI is InChI=1S/C27H21N3O3S2/c1-33-21-13-11-19(12-14-21)26(32)29-22-9-5-6-10-24(22)34-16-20-15-25(31)30-23(17-35-27(30)28-20)18-7-3-2-4-8-18/h2-15,17H,16H2,1H3,(H,29,32). The van der Waals surface area contributed by atoms with E-state index in [0.717, 1.165) is 16.2 Å². The number of benzene rings is 3. The van der Waals surface area contributed by atoms with Crippen molar-refractivity contribution < 1.29 is 9.53 Å². The average Bonchev–Trinajstić information content (AvgIpc) is 3.33. The Morgan fingerprint density at radius 2 is 1.77 bits per heavy atom. The van der Waals surface area contributed by atoms with Crippen LogP contribution in [0.15, 0.2) is 100.0 Å². The Bertz CT molecular complexity index is 1540. The van der Waals surface area contributed by atoms with Crippen LogP contribution in [0.2, 0.25) is 0 Å². The van der Waals surface area contributed by atoms with E-state index in [1.54, 1.807) is 41.8 Å². The quantitative estimate of drug-likeness (QED) is 0.279. The minimum absolute atomic E-state index is 0.105. The summed E-state index contributed by atoms with van der Waals surface area (Å²) in [5.41, 5.74) is 3.65. The van der Waals surface area contributed by atoms with Crippen molar-refractivity contribution in [3.63, 3.8) is 0 Å². The lowest BCUT2D eigenvalue weighted by molar-refractivity contribution is 0.102. The fraction of sp³-hybridized carbons (Fsp3) is 0.0741. The lowest BCUT2D eigenvalue weighted by Gasteiger charge is -2.11. The van der Waals surface area contributed by atoms with Crippen LogP contribution in [-0.4, -0.2) is 22.4 Å². The van der Waals surface area contributed by atoms with Gasteiger partial charge in [-0.05, 0) is 42.0 Å². The highest BCUT2D eigenvalue weighted by atomic mass is 32.2. The number of nitrogens with one attached hydrogen (secondary N) is 1. The van der Waals surface area contributed by atoms with Gasteiger partial charge in [-0.3, -0.25) is 14.0 Å². The minimum atomic E-state index is -0.203. The fourth-order valence-corrected chi connectivity index (χ4v) is 5.46. The number of thioether (sulfide) groups is 1. The summed E-state index contributed by atoms with van der Waals surface area (Å²) in [6.07, 6.45) is 0. The van der Waals surface area contributed by atoms with E-state index in [-0.39, 0.29) is 11.5 Å². The number of nitrogens with zero attached hydrogens (tertiary/aromatic N) is 2. The zero-order valence-electron chi connectivity index (χ0n) is 18.8. The van der Waals surface area contributed by atoms with Gasteiger partial charge in [-0.1, -0.05) is 42.5 Å². The topological polar surface area (TPSA) is 72.7 Å². The molecule has 0 spiro atoms. The van der Waals surface area contributed by atoms with E-state index >= 15 is 0 Å². The Kier molecular flexibility index (Phi) is 6.65. The maximum absolute atomic E-state index is 12.9. The molecule has 6 nitrogen and oxygen atoms in total. The Hall–Kier alpha value is -3.88. The highest BCUT2D eigenvalue weighted by Gasteiger charge is 2.13. The van der Waals surface area contributed by atoms with Gasteiger partial charge in [-0.15, -0.1) is 23.1 Å². The first-order valence-corrected chi connectivity index (χ1v) is 12.7. The van der Waals surface area contributed by atoms with E-state index in [1.165, 1.54) is 23.1 Å². The van der Waals surface area contributed by atoms with Crippen molar-refractivity contribution >= 4 is 39.7 Å². The first kappa shape index (κ1) is 22.9. The van der Waals surface area contributed by atoms with E-state index < -0.39 is 0 Å². The van der Waals surface area contributed by atoms with Crippen molar-refractivity contribution in [3.8, 4) is 17.0 Å². The van der Waals surface area contributed by atoms with Crippen molar-refractivity contribution in [1.82, 2.24) is 9.38 Å². The summed E-state index contributed by atoms with van der Waals surface area (Å²) in [4.78, 5) is 31.9. The molecule has 35 heavy (non-hydrogen) atoms. The van der Waals surface area contributed by atoms with Crippen LogP contribution in [0.25, 0.3) is 16.2 Å². The Morgan fingerprint density at radius 1 is 1.03 bits per heavy atom. The lowest BCUT2D eigenvalue weighted by atomic mass is 10.2. The second kappa shape index (κ2) is 10.2. The minimum Gasteiger partial charge on any atom is -0.497 e. The molecular weight excluding hydrogens is 478 g/mol. The zero-order valence-corrected chi connectivity index (χ0v) is 20.4. The number of rotatable bonds is 7. The largest absolute Gasteiger partial charge is 0.497 e. The summed E-state index contributed by atoms with van der Waals surface area (Å²) in [5.74, 6) is 0.990. The third-order valence-corrected chi connectivity index (χ3v) is 7.32. The Balaban J connectivity index is 1.34. The molecule has 8 heteroatoms. The fourth-order valence-electron chi connectivity index (χ4n) is 3.63. The molecule has 2 heterocycles. The van der Waals surface area contributed by atoms with E-state index in [0.29, 0.717) is 33.4 Å². The van der Waals surface area contributed by atoms with Crippen LogP contribution in [0.1, 0.15) is 16.1 Å². The molecule has 0 radical (unpaired) electrons. The third kappa shape index (κ3) is 4.99. The monoisotopic (exact) mass is 499 g/mol. The van der Waals surface area contributed by atoms with Gasteiger partial charge in [0.2, 0.25) is 0 Å². The van der Waals surface area contributed by atoms with Crippen LogP contribution in [0, 0.1) is 0 Å². The molecule has 1 N–H and O–H groups in total. The number of methoxy groups -OCH3 is 1. The molecule has 5 rings (SSSR count). The second-order valence-corrected chi connectivity index (χ2v) is 9.51. The molecule has 3 aromatic carbocycles. The molecule has 2 aromatic heterocycles. The van der Waals surface area contributed by atoms with Gasteiger partial charge in [0.05, 0.1) is 24.2 Å². The van der Waals surface area contributed by atoms with Crippen molar-refractivity contribution in [2.45, 2.75) is 10.6 Å². The lowest BCUT2D eigenvalue weighted by Crippen LogP contribution is -2.14. The second-order valence-electron chi connectivity index (χ2n) is 7.66. The van der Waals surface area contributed by atoms with Crippen LogP contribution in [0.3, 0.4) is 0 Å². The van der Waals surface area contributed by atoms with Gasteiger partial charge in [-0.25, -0.2) is 4.98 Å². The van der Waals surface area contributed by atoms with Gasteiger partial charge in [0.15, 0.2) is 4.96 Å². The summed E-state index contributed by atoms with van der Waals surface area (Å²) < 4.78 is 6.81. The number of amides is 1. The molecule has 0 fully saturated rings. The summed E-state index contributed by atoms with van der Waals surface area (Å²) in [7, 11) is 1.59. The zero-order chi connectivity index (χ0) is 24.2. The number of fused-ring (bicyclic) bond motifs is 1. The maximum Gasteiger partial charge on any atom is 0.259 e. The molecule has 174 valence electrons. The maximum atomic E-state index is 12.9. The third-order valence-electron chi connectivity index (χ3n) is 5.39. The van der Waals surface area contributed by atoms with Crippen LogP contribution in [-0.2, 0) is 5.75 Å².